The third-order valence-electron chi connectivity index (χ3n) is 5.88. The van der Waals surface area contributed by atoms with Gasteiger partial charge in [-0.05, 0) is 49.4 Å². The Morgan fingerprint density at radius 2 is 1.63 bits per heavy atom. The number of aliphatic hydroxyl groups excluding tert-OH is 1. The smallest absolute Gasteiger partial charge is 0.312 e. The first-order valence-electron chi connectivity index (χ1n) is 10.2. The van der Waals surface area contributed by atoms with E-state index in [-0.39, 0.29) is 28.7 Å². The van der Waals surface area contributed by atoms with E-state index in [0.29, 0.717) is 32.3 Å². The molecule has 5 heteroatoms. The fraction of sp³-hybridized carbons (Fsp3) is 0.909. The number of esters is 2. The molecule has 4 atom stereocenters. The van der Waals surface area contributed by atoms with Crippen LogP contribution < -0.4 is 0 Å². The largest absolute Gasteiger partial charge is 0.465 e. The lowest BCUT2D eigenvalue weighted by atomic mass is 9.61. The summed E-state index contributed by atoms with van der Waals surface area (Å²) in [6, 6.07) is 0. The number of aliphatic hydroxyl groups is 1. The van der Waals surface area contributed by atoms with Gasteiger partial charge in [-0.25, -0.2) is 0 Å². The molecule has 0 aromatic heterocycles. The van der Waals surface area contributed by atoms with E-state index < -0.39 is 17.6 Å². The lowest BCUT2D eigenvalue weighted by Crippen LogP contribution is -2.48. The summed E-state index contributed by atoms with van der Waals surface area (Å²) in [5.74, 6) is -0.333. The van der Waals surface area contributed by atoms with Crippen molar-refractivity contribution in [1.29, 1.82) is 0 Å². The molecule has 1 saturated carbocycles. The van der Waals surface area contributed by atoms with Crippen molar-refractivity contribution in [3.05, 3.63) is 0 Å². The van der Waals surface area contributed by atoms with E-state index in [9.17, 15) is 14.7 Å². The zero-order valence-electron chi connectivity index (χ0n) is 18.6. The van der Waals surface area contributed by atoms with E-state index in [2.05, 4.69) is 41.5 Å². The molecule has 0 bridgehead atoms. The first-order valence-corrected chi connectivity index (χ1v) is 10.2. The van der Waals surface area contributed by atoms with E-state index in [1.54, 1.807) is 6.92 Å². The molecule has 1 aliphatic carbocycles. The van der Waals surface area contributed by atoms with E-state index in [1.807, 2.05) is 6.92 Å². The van der Waals surface area contributed by atoms with Gasteiger partial charge in [-0.3, -0.25) is 9.59 Å². The van der Waals surface area contributed by atoms with Crippen LogP contribution in [0.25, 0.3) is 0 Å². The normalized spacial score (nSPS) is 26.2. The summed E-state index contributed by atoms with van der Waals surface area (Å²) in [7, 11) is 0. The molecule has 4 unspecified atom stereocenters. The number of carbonyl (C=O) groups is 2. The summed E-state index contributed by atoms with van der Waals surface area (Å²) >= 11 is 0. The Morgan fingerprint density at radius 3 is 2.07 bits per heavy atom. The maximum Gasteiger partial charge on any atom is 0.312 e. The van der Waals surface area contributed by atoms with E-state index >= 15 is 0 Å². The maximum atomic E-state index is 13.1. The maximum absolute atomic E-state index is 13.1. The molecule has 0 aliphatic heterocycles. The molecule has 1 rings (SSSR count). The highest BCUT2D eigenvalue weighted by Gasteiger charge is 2.49. The molecule has 0 spiro atoms. The first kappa shape index (κ1) is 23.9. The van der Waals surface area contributed by atoms with Crippen LogP contribution in [-0.4, -0.2) is 35.9 Å². The summed E-state index contributed by atoms with van der Waals surface area (Å²) in [4.78, 5) is 24.4. The number of hydrogen-bond donors (Lipinski definition) is 1. The second-order valence-corrected chi connectivity index (χ2v) is 10.5. The van der Waals surface area contributed by atoms with Crippen LogP contribution in [-0.2, 0) is 19.1 Å². The van der Waals surface area contributed by atoms with Crippen LogP contribution in [0.5, 0.6) is 0 Å². The number of rotatable bonds is 6. The Kier molecular flexibility index (Phi) is 7.92. The molecule has 0 aromatic rings. The highest BCUT2D eigenvalue weighted by molar-refractivity contribution is 5.77. The van der Waals surface area contributed by atoms with Crippen LogP contribution in [0, 0.1) is 22.2 Å². The molecule has 1 aliphatic rings. The van der Waals surface area contributed by atoms with Crippen molar-refractivity contribution in [2.24, 2.45) is 22.2 Å². The van der Waals surface area contributed by atoms with Crippen molar-refractivity contribution in [1.82, 2.24) is 0 Å². The van der Waals surface area contributed by atoms with Gasteiger partial charge in [-0.15, -0.1) is 0 Å². The van der Waals surface area contributed by atoms with Gasteiger partial charge >= 0.3 is 11.9 Å². The molecule has 158 valence electrons. The molecule has 1 fully saturated rings. The molecular weight excluding hydrogens is 344 g/mol. The Hall–Kier alpha value is -1.10. The Balaban J connectivity index is 2.74. The van der Waals surface area contributed by atoms with E-state index in [4.69, 9.17) is 9.47 Å². The van der Waals surface area contributed by atoms with Gasteiger partial charge in [0.1, 0.15) is 6.10 Å². The highest BCUT2D eigenvalue weighted by Crippen LogP contribution is 2.48. The van der Waals surface area contributed by atoms with Gasteiger partial charge in [0.05, 0.1) is 18.1 Å². The molecule has 5 nitrogen and oxygen atoms in total. The van der Waals surface area contributed by atoms with Crippen LogP contribution in [0.3, 0.4) is 0 Å². The number of hydrogen-bond acceptors (Lipinski definition) is 5. The Morgan fingerprint density at radius 1 is 1.04 bits per heavy atom. The summed E-state index contributed by atoms with van der Waals surface area (Å²) in [6.45, 7) is 16.6. The first-order chi connectivity index (χ1) is 12.2. The van der Waals surface area contributed by atoms with Gasteiger partial charge < -0.3 is 14.6 Å². The highest BCUT2D eigenvalue weighted by atomic mass is 16.6. The van der Waals surface area contributed by atoms with Gasteiger partial charge in [0.25, 0.3) is 0 Å². The van der Waals surface area contributed by atoms with Gasteiger partial charge in [0.15, 0.2) is 0 Å². The van der Waals surface area contributed by atoms with Crippen molar-refractivity contribution in [3.63, 3.8) is 0 Å². The standard InChI is InChI=1S/C22H40O5/c1-9-18(24)26-13-15-10-11-17(16(23)12-15)27-19(25)22(8,21(5,6)7)14-20(2,3)4/h15-17,23H,9-14H2,1-8H3. The van der Waals surface area contributed by atoms with Crippen LogP contribution >= 0.6 is 0 Å². The minimum absolute atomic E-state index is 0.0134. The number of carbonyl (C=O) groups excluding carboxylic acids is 2. The molecule has 0 amide bonds. The topological polar surface area (TPSA) is 72.8 Å². The van der Waals surface area contributed by atoms with Gasteiger partial charge in [-0.2, -0.15) is 0 Å². The average Bonchev–Trinajstić information content (AvgIpc) is 2.51. The van der Waals surface area contributed by atoms with Crippen LogP contribution in [0.2, 0.25) is 0 Å². The lowest BCUT2D eigenvalue weighted by molar-refractivity contribution is -0.180. The summed E-state index contributed by atoms with van der Waals surface area (Å²) in [5.41, 5.74) is -0.910. The summed E-state index contributed by atoms with van der Waals surface area (Å²) in [5, 5.41) is 10.5. The molecular formula is C22H40O5. The van der Waals surface area contributed by atoms with Gasteiger partial charge in [-0.1, -0.05) is 48.5 Å². The van der Waals surface area contributed by atoms with Crippen molar-refractivity contribution < 1.29 is 24.2 Å². The molecule has 0 saturated heterocycles. The second kappa shape index (κ2) is 8.93. The predicted octanol–water partition coefficient (Wildman–Crippen LogP) is 4.50. The van der Waals surface area contributed by atoms with Crippen molar-refractivity contribution in [2.45, 2.75) is 99.7 Å². The number of ether oxygens (including phenoxy) is 2. The van der Waals surface area contributed by atoms with Gasteiger partial charge in [0, 0.05) is 6.42 Å². The Bertz CT molecular complexity index is 514. The molecule has 0 aromatic carbocycles. The lowest BCUT2D eigenvalue weighted by Gasteiger charge is -2.44. The fourth-order valence-corrected chi connectivity index (χ4v) is 3.78. The van der Waals surface area contributed by atoms with E-state index in [0.717, 1.165) is 6.42 Å². The molecule has 27 heavy (non-hydrogen) atoms. The van der Waals surface area contributed by atoms with E-state index in [1.165, 1.54) is 0 Å². The zero-order valence-corrected chi connectivity index (χ0v) is 18.6. The predicted molar refractivity (Wildman–Crippen MR) is 106 cm³/mol. The van der Waals surface area contributed by atoms with Crippen molar-refractivity contribution in [3.8, 4) is 0 Å². The van der Waals surface area contributed by atoms with Crippen molar-refractivity contribution in [2.75, 3.05) is 6.61 Å². The Labute approximate surface area is 165 Å². The fourth-order valence-electron chi connectivity index (χ4n) is 3.78. The third-order valence-corrected chi connectivity index (χ3v) is 5.88. The zero-order chi connectivity index (χ0) is 21.0. The average molecular weight is 385 g/mol. The SMILES string of the molecule is CCC(=O)OCC1CCC(OC(=O)C(C)(CC(C)(C)C)C(C)(C)C)C(O)C1. The quantitative estimate of drug-likeness (QED) is 0.683. The van der Waals surface area contributed by atoms with Crippen molar-refractivity contribution >= 4 is 11.9 Å². The third kappa shape index (κ3) is 6.78. The molecule has 0 radical (unpaired) electrons. The summed E-state index contributed by atoms with van der Waals surface area (Å²) < 4.78 is 11.0. The molecule has 1 N–H and O–H groups in total. The monoisotopic (exact) mass is 384 g/mol. The van der Waals surface area contributed by atoms with Crippen LogP contribution in [0.4, 0.5) is 0 Å². The minimum Gasteiger partial charge on any atom is -0.465 e. The van der Waals surface area contributed by atoms with Crippen LogP contribution in [0.15, 0.2) is 0 Å². The van der Waals surface area contributed by atoms with Gasteiger partial charge in [0.2, 0.25) is 0 Å². The van der Waals surface area contributed by atoms with Crippen LogP contribution in [0.1, 0.15) is 87.5 Å². The molecule has 0 heterocycles. The summed E-state index contributed by atoms with van der Waals surface area (Å²) in [6.07, 6.45) is 1.72. The second-order valence-electron chi connectivity index (χ2n) is 10.5. The minimum atomic E-state index is -0.716.